The summed E-state index contributed by atoms with van der Waals surface area (Å²) in [6, 6.07) is 0. The van der Waals surface area contributed by atoms with Gasteiger partial charge < -0.3 is 11.1 Å². The van der Waals surface area contributed by atoms with Crippen LogP contribution in [-0.4, -0.2) is 35.3 Å². The van der Waals surface area contributed by atoms with Gasteiger partial charge in [0.25, 0.3) is 0 Å². The molecule has 3 atom stereocenters. The third-order valence-corrected chi connectivity index (χ3v) is 7.09. The van der Waals surface area contributed by atoms with Crippen LogP contribution in [0, 0.1) is 17.8 Å². The van der Waals surface area contributed by atoms with Gasteiger partial charge in [-0.2, -0.15) is 11.8 Å². The lowest BCUT2D eigenvalue weighted by atomic mass is 9.73. The molecule has 0 aromatic carbocycles. The Hall–Kier alpha value is -0.550. The molecule has 0 bridgehead atoms. The van der Waals surface area contributed by atoms with Gasteiger partial charge >= 0.3 is 0 Å². The van der Waals surface area contributed by atoms with Crippen LogP contribution in [0.15, 0.2) is 0 Å². The maximum atomic E-state index is 12.9. The Morgan fingerprint density at radius 3 is 2.55 bits per heavy atom. The van der Waals surface area contributed by atoms with Crippen molar-refractivity contribution < 1.29 is 9.59 Å². The number of nitrogens with two attached hydrogens (primary N) is 1. The average molecular weight is 296 g/mol. The summed E-state index contributed by atoms with van der Waals surface area (Å²) in [7, 11) is 0. The van der Waals surface area contributed by atoms with Crippen LogP contribution < -0.4 is 11.1 Å². The summed E-state index contributed by atoms with van der Waals surface area (Å²) in [4.78, 5) is 24.7. The molecule has 0 radical (unpaired) electrons. The first-order valence-corrected chi connectivity index (χ1v) is 8.81. The number of carbonyl (C=O) groups is 2. The fourth-order valence-electron chi connectivity index (χ4n) is 4.33. The fourth-order valence-corrected chi connectivity index (χ4v) is 6.11. The van der Waals surface area contributed by atoms with Gasteiger partial charge in [0.15, 0.2) is 0 Å². The minimum atomic E-state index is -0.250. The zero-order valence-electron chi connectivity index (χ0n) is 11.9. The Kier molecular flexibility index (Phi) is 4.09. The molecule has 4 nitrogen and oxygen atoms in total. The standard InChI is InChI=1S/C15H24N2O2S/c16-14(19)11-6-7-20-15(11)9-17-8-12(15)13(18)10-4-2-1-3-5-10/h10-12,17H,1-9H2,(H2,16,19). The van der Waals surface area contributed by atoms with Crippen LogP contribution in [0.1, 0.15) is 38.5 Å². The summed E-state index contributed by atoms with van der Waals surface area (Å²) in [6.07, 6.45) is 6.52. The Morgan fingerprint density at radius 1 is 1.10 bits per heavy atom. The number of amides is 1. The van der Waals surface area contributed by atoms with Crippen molar-refractivity contribution in [3.63, 3.8) is 0 Å². The first-order valence-electron chi connectivity index (χ1n) is 7.83. The number of Topliss-reactive ketones (excluding diaryl/α,β-unsaturated/α-hetero) is 1. The van der Waals surface area contributed by atoms with E-state index in [-0.39, 0.29) is 28.4 Å². The number of primary amides is 1. The molecule has 1 amide bonds. The summed E-state index contributed by atoms with van der Waals surface area (Å²) >= 11 is 1.81. The lowest BCUT2D eigenvalue weighted by Gasteiger charge is -2.35. The molecule has 1 saturated carbocycles. The fraction of sp³-hybridized carbons (Fsp3) is 0.867. The summed E-state index contributed by atoms with van der Waals surface area (Å²) in [5.41, 5.74) is 5.60. The van der Waals surface area contributed by atoms with Gasteiger partial charge in [0.1, 0.15) is 5.78 Å². The molecular formula is C15H24N2O2S. The molecule has 1 aliphatic carbocycles. The highest BCUT2D eigenvalue weighted by molar-refractivity contribution is 8.01. The van der Waals surface area contributed by atoms with Crippen molar-refractivity contribution in [3.05, 3.63) is 0 Å². The molecule has 20 heavy (non-hydrogen) atoms. The van der Waals surface area contributed by atoms with E-state index in [9.17, 15) is 9.59 Å². The molecule has 0 aromatic heterocycles. The van der Waals surface area contributed by atoms with E-state index in [1.54, 1.807) is 11.8 Å². The lowest BCUT2D eigenvalue weighted by molar-refractivity contribution is -0.129. The first-order chi connectivity index (χ1) is 9.65. The zero-order chi connectivity index (χ0) is 14.2. The summed E-state index contributed by atoms with van der Waals surface area (Å²) < 4.78 is -0.250. The second-order valence-corrected chi connectivity index (χ2v) is 7.92. The van der Waals surface area contributed by atoms with Gasteiger partial charge in [-0.3, -0.25) is 9.59 Å². The molecule has 5 heteroatoms. The Bertz CT molecular complexity index is 405. The third-order valence-electron chi connectivity index (χ3n) is 5.40. The number of hydrogen-bond acceptors (Lipinski definition) is 4. The van der Waals surface area contributed by atoms with Crippen LogP contribution in [-0.2, 0) is 9.59 Å². The topological polar surface area (TPSA) is 72.2 Å². The van der Waals surface area contributed by atoms with Crippen molar-refractivity contribution in [2.24, 2.45) is 23.5 Å². The number of nitrogens with one attached hydrogen (secondary N) is 1. The molecule has 0 aromatic rings. The van der Waals surface area contributed by atoms with E-state index in [0.717, 1.165) is 38.1 Å². The van der Waals surface area contributed by atoms with Crippen molar-refractivity contribution >= 4 is 23.5 Å². The normalized spacial score (nSPS) is 38.4. The van der Waals surface area contributed by atoms with Crippen molar-refractivity contribution in [2.75, 3.05) is 18.8 Å². The van der Waals surface area contributed by atoms with Crippen molar-refractivity contribution in [2.45, 2.75) is 43.3 Å². The van der Waals surface area contributed by atoms with Crippen LogP contribution in [0.3, 0.4) is 0 Å². The van der Waals surface area contributed by atoms with E-state index >= 15 is 0 Å². The number of rotatable bonds is 3. The molecule has 3 N–H and O–H groups in total. The van der Waals surface area contributed by atoms with Gasteiger partial charge in [-0.25, -0.2) is 0 Å². The first kappa shape index (κ1) is 14.4. The number of carbonyl (C=O) groups excluding carboxylic acids is 2. The predicted molar refractivity (Wildman–Crippen MR) is 80.4 cm³/mol. The molecule has 3 unspecified atom stereocenters. The number of ketones is 1. The summed E-state index contributed by atoms with van der Waals surface area (Å²) in [5.74, 6) is 1.19. The van der Waals surface area contributed by atoms with Gasteiger partial charge in [0.05, 0.1) is 10.7 Å². The van der Waals surface area contributed by atoms with E-state index < -0.39 is 0 Å². The van der Waals surface area contributed by atoms with Gasteiger partial charge in [0, 0.05) is 24.9 Å². The Morgan fingerprint density at radius 2 is 1.85 bits per heavy atom. The Balaban J connectivity index is 1.81. The van der Waals surface area contributed by atoms with E-state index in [1.807, 2.05) is 0 Å². The van der Waals surface area contributed by atoms with Gasteiger partial charge in [-0.15, -0.1) is 0 Å². The molecule has 112 valence electrons. The van der Waals surface area contributed by atoms with Gasteiger partial charge in [-0.1, -0.05) is 19.3 Å². The minimum absolute atomic E-state index is 0.0180. The van der Waals surface area contributed by atoms with Crippen LogP contribution >= 0.6 is 11.8 Å². The number of hydrogen-bond donors (Lipinski definition) is 2. The van der Waals surface area contributed by atoms with Crippen LogP contribution in [0.2, 0.25) is 0 Å². The summed E-state index contributed by atoms with van der Waals surface area (Å²) in [5, 5.41) is 3.36. The van der Waals surface area contributed by atoms with Gasteiger partial charge in [-0.05, 0) is 25.0 Å². The van der Waals surface area contributed by atoms with E-state index in [1.165, 1.54) is 19.3 Å². The molecule has 3 rings (SSSR count). The van der Waals surface area contributed by atoms with Crippen LogP contribution in [0.5, 0.6) is 0 Å². The van der Waals surface area contributed by atoms with E-state index in [2.05, 4.69) is 5.32 Å². The molecule has 3 aliphatic rings. The maximum absolute atomic E-state index is 12.9. The average Bonchev–Trinajstić information content (AvgIpc) is 3.07. The maximum Gasteiger partial charge on any atom is 0.222 e. The van der Waals surface area contributed by atoms with Gasteiger partial charge in [0.2, 0.25) is 5.91 Å². The third kappa shape index (κ3) is 2.29. The zero-order valence-corrected chi connectivity index (χ0v) is 12.7. The van der Waals surface area contributed by atoms with Crippen LogP contribution in [0.25, 0.3) is 0 Å². The lowest BCUT2D eigenvalue weighted by Crippen LogP contribution is -2.49. The van der Waals surface area contributed by atoms with Crippen LogP contribution in [0.4, 0.5) is 0 Å². The van der Waals surface area contributed by atoms with Crippen molar-refractivity contribution in [1.29, 1.82) is 0 Å². The highest BCUT2D eigenvalue weighted by Crippen LogP contribution is 2.51. The predicted octanol–water partition coefficient (Wildman–Crippen LogP) is 1.33. The SMILES string of the molecule is NC(=O)C1CCSC12CNCC2C(=O)C1CCCCC1. The largest absolute Gasteiger partial charge is 0.369 e. The molecule has 2 heterocycles. The number of thioether (sulfide) groups is 1. The molecule has 2 aliphatic heterocycles. The molecule has 2 saturated heterocycles. The quantitative estimate of drug-likeness (QED) is 0.824. The highest BCUT2D eigenvalue weighted by Gasteiger charge is 2.57. The molecule has 1 spiro atoms. The van der Waals surface area contributed by atoms with E-state index in [4.69, 9.17) is 5.73 Å². The highest BCUT2D eigenvalue weighted by atomic mass is 32.2. The van der Waals surface area contributed by atoms with Crippen molar-refractivity contribution in [3.8, 4) is 0 Å². The minimum Gasteiger partial charge on any atom is -0.369 e. The van der Waals surface area contributed by atoms with Crippen molar-refractivity contribution in [1.82, 2.24) is 5.32 Å². The second kappa shape index (κ2) is 5.68. The molecule has 3 fully saturated rings. The Labute approximate surface area is 124 Å². The van der Waals surface area contributed by atoms with E-state index in [0.29, 0.717) is 5.78 Å². The monoisotopic (exact) mass is 296 g/mol. The summed E-state index contributed by atoms with van der Waals surface area (Å²) in [6.45, 7) is 1.49. The molecular weight excluding hydrogens is 272 g/mol. The smallest absolute Gasteiger partial charge is 0.222 e. The second-order valence-electron chi connectivity index (χ2n) is 6.47.